The van der Waals surface area contributed by atoms with Crippen LogP contribution < -0.4 is 25.1 Å². The van der Waals surface area contributed by atoms with Crippen LogP contribution in [0.4, 0.5) is 0 Å². The van der Waals surface area contributed by atoms with Crippen LogP contribution in [0.3, 0.4) is 0 Å². The maximum Gasteiger partial charge on any atom is 0.276 e. The Kier molecular flexibility index (Phi) is 5.39. The first-order valence-electron chi connectivity index (χ1n) is 7.49. The predicted octanol–water partition coefficient (Wildman–Crippen LogP) is 2.06. The first-order valence-corrected chi connectivity index (χ1v) is 8.28. The molecule has 25 heavy (non-hydrogen) atoms. The van der Waals surface area contributed by atoms with Gasteiger partial charge in [0.2, 0.25) is 0 Å². The van der Waals surface area contributed by atoms with E-state index in [9.17, 15) is 9.59 Å². The lowest BCUT2D eigenvalue weighted by Gasteiger charge is -2.18. The summed E-state index contributed by atoms with van der Waals surface area (Å²) in [7, 11) is 0. The van der Waals surface area contributed by atoms with E-state index in [4.69, 9.17) is 14.2 Å². The summed E-state index contributed by atoms with van der Waals surface area (Å²) >= 11 is 3.31. The maximum absolute atomic E-state index is 12.1. The van der Waals surface area contributed by atoms with Gasteiger partial charge in [0.25, 0.3) is 11.8 Å². The van der Waals surface area contributed by atoms with E-state index in [-0.39, 0.29) is 6.61 Å². The van der Waals surface area contributed by atoms with Crippen molar-refractivity contribution in [3.8, 4) is 17.2 Å². The molecule has 130 valence electrons. The SMILES string of the molecule is O=C(COc1ccc(Br)cc1)NNC(=O)c1ccc2c(c1)OCCO2. The smallest absolute Gasteiger partial charge is 0.276 e. The molecule has 2 aromatic rings. The highest BCUT2D eigenvalue weighted by Gasteiger charge is 2.15. The van der Waals surface area contributed by atoms with Gasteiger partial charge in [0.05, 0.1) is 0 Å². The molecule has 0 aromatic heterocycles. The van der Waals surface area contributed by atoms with Gasteiger partial charge in [0, 0.05) is 10.0 Å². The van der Waals surface area contributed by atoms with E-state index in [1.807, 2.05) is 0 Å². The van der Waals surface area contributed by atoms with Gasteiger partial charge in [-0.3, -0.25) is 20.4 Å². The zero-order valence-electron chi connectivity index (χ0n) is 13.1. The highest BCUT2D eigenvalue weighted by molar-refractivity contribution is 9.10. The van der Waals surface area contributed by atoms with Crippen molar-refractivity contribution in [2.45, 2.75) is 0 Å². The number of carbonyl (C=O) groups excluding carboxylic acids is 2. The molecule has 2 N–H and O–H groups in total. The second kappa shape index (κ2) is 7.89. The standard InChI is InChI=1S/C17H15BrN2O5/c18-12-2-4-13(5-3-12)25-10-16(21)19-20-17(22)11-1-6-14-15(9-11)24-8-7-23-14/h1-6,9H,7-8,10H2,(H,19,21)(H,20,22). The summed E-state index contributed by atoms with van der Waals surface area (Å²) in [5, 5.41) is 0. The van der Waals surface area contributed by atoms with Crippen molar-refractivity contribution in [1.29, 1.82) is 0 Å². The summed E-state index contributed by atoms with van der Waals surface area (Å²) in [5.41, 5.74) is 4.97. The quantitative estimate of drug-likeness (QED) is 0.758. The van der Waals surface area contributed by atoms with E-state index >= 15 is 0 Å². The van der Waals surface area contributed by atoms with Crippen molar-refractivity contribution >= 4 is 27.7 Å². The molecule has 7 nitrogen and oxygen atoms in total. The number of nitrogens with one attached hydrogen (secondary N) is 2. The number of rotatable bonds is 4. The number of benzene rings is 2. The van der Waals surface area contributed by atoms with E-state index in [1.165, 1.54) is 0 Å². The van der Waals surface area contributed by atoms with Crippen molar-refractivity contribution in [2.24, 2.45) is 0 Å². The molecule has 0 atom stereocenters. The van der Waals surface area contributed by atoms with E-state index < -0.39 is 11.8 Å². The second-order valence-electron chi connectivity index (χ2n) is 5.10. The molecule has 0 saturated carbocycles. The lowest BCUT2D eigenvalue weighted by atomic mass is 10.2. The molecule has 1 aliphatic heterocycles. The summed E-state index contributed by atoms with van der Waals surface area (Å²) < 4.78 is 17.0. The van der Waals surface area contributed by atoms with Gasteiger partial charge in [0.1, 0.15) is 19.0 Å². The van der Waals surface area contributed by atoms with E-state index in [1.54, 1.807) is 42.5 Å². The number of amides is 2. The minimum Gasteiger partial charge on any atom is -0.486 e. The fraction of sp³-hybridized carbons (Fsp3) is 0.176. The van der Waals surface area contributed by atoms with Crippen LogP contribution in [0, 0.1) is 0 Å². The molecule has 0 saturated heterocycles. The molecule has 0 aliphatic carbocycles. The normalized spacial score (nSPS) is 12.2. The average Bonchev–Trinajstić information content (AvgIpc) is 2.65. The summed E-state index contributed by atoms with van der Waals surface area (Å²) in [4.78, 5) is 23.8. The van der Waals surface area contributed by atoms with Crippen molar-refractivity contribution in [3.05, 3.63) is 52.5 Å². The Hall–Kier alpha value is -2.74. The van der Waals surface area contributed by atoms with E-state index in [2.05, 4.69) is 26.8 Å². The van der Waals surface area contributed by atoms with Gasteiger partial charge < -0.3 is 14.2 Å². The number of carbonyl (C=O) groups is 2. The molecule has 0 unspecified atom stereocenters. The zero-order valence-corrected chi connectivity index (χ0v) is 14.7. The summed E-state index contributed by atoms with van der Waals surface area (Å²) in [6.07, 6.45) is 0. The van der Waals surface area contributed by atoms with Gasteiger partial charge >= 0.3 is 0 Å². The number of hydrogen-bond acceptors (Lipinski definition) is 5. The Labute approximate surface area is 152 Å². The van der Waals surface area contributed by atoms with Crippen LogP contribution in [0.25, 0.3) is 0 Å². The third-order valence-corrected chi connectivity index (χ3v) is 3.83. The van der Waals surface area contributed by atoms with Crippen LogP contribution in [0.1, 0.15) is 10.4 Å². The topological polar surface area (TPSA) is 85.9 Å². The summed E-state index contributed by atoms with van der Waals surface area (Å²) in [5.74, 6) is 0.706. The third-order valence-electron chi connectivity index (χ3n) is 3.30. The minimum atomic E-state index is -0.478. The first kappa shape index (κ1) is 17.1. The molecule has 2 amide bonds. The molecule has 0 fully saturated rings. The largest absolute Gasteiger partial charge is 0.486 e. The van der Waals surface area contributed by atoms with Crippen LogP contribution in [0.5, 0.6) is 17.2 Å². The fourth-order valence-corrected chi connectivity index (χ4v) is 2.36. The number of hydrogen-bond donors (Lipinski definition) is 2. The molecule has 3 rings (SSSR count). The van der Waals surface area contributed by atoms with Crippen molar-refractivity contribution in [3.63, 3.8) is 0 Å². The van der Waals surface area contributed by atoms with Gasteiger partial charge in [-0.05, 0) is 42.5 Å². The maximum atomic E-state index is 12.1. The monoisotopic (exact) mass is 406 g/mol. The van der Waals surface area contributed by atoms with E-state index in [0.29, 0.717) is 36.0 Å². The van der Waals surface area contributed by atoms with Gasteiger partial charge in [-0.25, -0.2) is 0 Å². The summed E-state index contributed by atoms with van der Waals surface area (Å²) in [6, 6.07) is 11.9. The average molecular weight is 407 g/mol. The predicted molar refractivity (Wildman–Crippen MR) is 92.7 cm³/mol. The molecule has 0 radical (unpaired) electrons. The summed E-state index contributed by atoms with van der Waals surface area (Å²) in [6.45, 7) is 0.693. The van der Waals surface area contributed by atoms with Crippen LogP contribution >= 0.6 is 15.9 Å². The van der Waals surface area contributed by atoms with Gasteiger partial charge in [-0.1, -0.05) is 15.9 Å². The Morgan fingerprint density at radius 3 is 2.48 bits per heavy atom. The van der Waals surface area contributed by atoms with Crippen molar-refractivity contribution < 1.29 is 23.8 Å². The molecule has 0 spiro atoms. The van der Waals surface area contributed by atoms with E-state index in [0.717, 1.165) is 4.47 Å². The van der Waals surface area contributed by atoms with Crippen LogP contribution in [0.2, 0.25) is 0 Å². The minimum absolute atomic E-state index is 0.219. The van der Waals surface area contributed by atoms with Crippen LogP contribution in [-0.2, 0) is 4.79 Å². The zero-order chi connectivity index (χ0) is 17.6. The Balaban J connectivity index is 1.48. The molecule has 0 bridgehead atoms. The lowest BCUT2D eigenvalue weighted by Crippen LogP contribution is -2.43. The molecule has 8 heteroatoms. The Bertz CT molecular complexity index is 779. The molecule has 2 aromatic carbocycles. The van der Waals surface area contributed by atoms with Gasteiger partial charge in [-0.2, -0.15) is 0 Å². The number of fused-ring (bicyclic) bond motifs is 1. The molecule has 1 aliphatic rings. The van der Waals surface area contributed by atoms with Crippen LogP contribution in [-0.4, -0.2) is 31.6 Å². The Morgan fingerprint density at radius 1 is 1.00 bits per heavy atom. The van der Waals surface area contributed by atoms with Gasteiger partial charge in [-0.15, -0.1) is 0 Å². The first-order chi connectivity index (χ1) is 12.1. The van der Waals surface area contributed by atoms with Crippen molar-refractivity contribution in [2.75, 3.05) is 19.8 Å². The fourth-order valence-electron chi connectivity index (χ4n) is 2.10. The second-order valence-corrected chi connectivity index (χ2v) is 6.02. The highest BCUT2D eigenvalue weighted by atomic mass is 79.9. The lowest BCUT2D eigenvalue weighted by molar-refractivity contribution is -0.123. The van der Waals surface area contributed by atoms with Gasteiger partial charge in [0.15, 0.2) is 18.1 Å². The molecule has 1 heterocycles. The highest BCUT2D eigenvalue weighted by Crippen LogP contribution is 2.30. The third kappa shape index (κ3) is 4.63. The number of hydrazine groups is 1. The van der Waals surface area contributed by atoms with Crippen LogP contribution in [0.15, 0.2) is 46.9 Å². The number of halogens is 1. The van der Waals surface area contributed by atoms with Crippen molar-refractivity contribution in [1.82, 2.24) is 10.9 Å². The Morgan fingerprint density at radius 2 is 1.72 bits per heavy atom. The number of ether oxygens (including phenoxy) is 3. The molecular weight excluding hydrogens is 392 g/mol. The molecular formula is C17H15BrN2O5.